The molecule has 12 heteroatoms. The lowest BCUT2D eigenvalue weighted by atomic mass is 10.1. The Morgan fingerprint density at radius 3 is 2.64 bits per heavy atom. The molecule has 1 amide bonds. The molecule has 1 aromatic heterocycles. The number of sulfone groups is 1. The molecule has 1 aromatic carbocycles. The highest BCUT2D eigenvalue weighted by molar-refractivity contribution is 7.90. The number of aromatic nitrogens is 1. The zero-order chi connectivity index (χ0) is 26.3. The number of nitrogens with two attached hydrogens (primary N) is 1. The van der Waals surface area contributed by atoms with E-state index in [1.807, 2.05) is 6.92 Å². The van der Waals surface area contributed by atoms with Crippen molar-refractivity contribution in [2.75, 3.05) is 36.3 Å². The van der Waals surface area contributed by atoms with E-state index in [2.05, 4.69) is 20.9 Å². The number of amides is 1. The van der Waals surface area contributed by atoms with E-state index < -0.39 is 21.9 Å². The van der Waals surface area contributed by atoms with Crippen molar-refractivity contribution in [2.45, 2.75) is 56.0 Å². The first kappa shape index (κ1) is 27.1. The summed E-state index contributed by atoms with van der Waals surface area (Å²) in [6.07, 6.45) is 4.86. The Labute approximate surface area is 211 Å². The number of hydrogen-bond donors (Lipinski definition) is 4. The van der Waals surface area contributed by atoms with Crippen LogP contribution in [0.5, 0.6) is 0 Å². The number of nitrogens with zero attached hydrogens (tertiary/aromatic N) is 1. The van der Waals surface area contributed by atoms with Gasteiger partial charge in [0, 0.05) is 24.1 Å². The van der Waals surface area contributed by atoms with Crippen molar-refractivity contribution in [3.63, 3.8) is 0 Å². The fourth-order valence-electron chi connectivity index (χ4n) is 3.98. The van der Waals surface area contributed by atoms with E-state index in [4.69, 9.17) is 15.2 Å². The summed E-state index contributed by atoms with van der Waals surface area (Å²) in [5.74, 6) is -0.194. The van der Waals surface area contributed by atoms with E-state index >= 15 is 0 Å². The molecule has 1 aliphatic carbocycles. The molecule has 5 N–H and O–H groups in total. The highest BCUT2D eigenvalue weighted by Crippen LogP contribution is 2.30. The Balaban J connectivity index is 1.84. The average molecular weight is 520 g/mol. The molecule has 3 rings (SSSR count). The van der Waals surface area contributed by atoms with Crippen molar-refractivity contribution >= 4 is 44.9 Å². The molecule has 0 unspecified atom stereocenters. The number of ether oxygens (including phenoxy) is 2. The normalized spacial score (nSPS) is 17.3. The Morgan fingerprint density at radius 1 is 1.19 bits per heavy atom. The lowest BCUT2D eigenvalue weighted by molar-refractivity contribution is 0.0602. The second-order valence-corrected chi connectivity index (χ2v) is 10.7. The number of rotatable bonds is 10. The SMILES string of the molecule is CCCCOC(=O)N[C@H]1CCC[C@H]1Nc1cc(N)c(C(=O)OC)c(Nc2cccc(S(C)(=O)=O)c2)n1. The van der Waals surface area contributed by atoms with E-state index in [-0.39, 0.29) is 34.0 Å². The van der Waals surface area contributed by atoms with Gasteiger partial charge in [0.25, 0.3) is 0 Å². The quantitative estimate of drug-likeness (QED) is 0.270. The molecule has 0 aliphatic heterocycles. The average Bonchev–Trinajstić information content (AvgIpc) is 3.24. The van der Waals surface area contributed by atoms with Crippen LogP contribution in [-0.2, 0) is 19.3 Å². The first-order chi connectivity index (χ1) is 17.1. The Kier molecular flexibility index (Phi) is 8.97. The van der Waals surface area contributed by atoms with Gasteiger partial charge in [-0.05, 0) is 43.9 Å². The first-order valence-electron chi connectivity index (χ1n) is 11.8. The summed E-state index contributed by atoms with van der Waals surface area (Å²) in [5, 5.41) is 9.20. The van der Waals surface area contributed by atoms with E-state index in [9.17, 15) is 18.0 Å². The maximum Gasteiger partial charge on any atom is 0.407 e. The number of methoxy groups -OCH3 is 1. The molecule has 0 spiro atoms. The number of unbranched alkanes of at least 4 members (excludes halogenated alkanes) is 1. The van der Waals surface area contributed by atoms with Gasteiger partial charge in [-0.2, -0.15) is 0 Å². The summed E-state index contributed by atoms with van der Waals surface area (Å²) in [4.78, 5) is 29.2. The largest absolute Gasteiger partial charge is 0.465 e. The highest BCUT2D eigenvalue weighted by atomic mass is 32.2. The number of benzene rings is 1. The number of esters is 1. The molecule has 1 aliphatic rings. The predicted molar refractivity (Wildman–Crippen MR) is 137 cm³/mol. The van der Waals surface area contributed by atoms with Crippen molar-refractivity contribution in [2.24, 2.45) is 0 Å². The smallest absolute Gasteiger partial charge is 0.407 e. The fourth-order valence-corrected chi connectivity index (χ4v) is 4.65. The monoisotopic (exact) mass is 519 g/mol. The molecule has 2 aromatic rings. The Morgan fingerprint density at radius 2 is 1.94 bits per heavy atom. The number of anilines is 4. The van der Waals surface area contributed by atoms with Crippen LogP contribution in [0, 0.1) is 0 Å². The fraction of sp³-hybridized carbons (Fsp3) is 0.458. The number of carbonyl (C=O) groups is 2. The van der Waals surface area contributed by atoms with Gasteiger partial charge in [-0.15, -0.1) is 0 Å². The van der Waals surface area contributed by atoms with Gasteiger partial charge in [-0.25, -0.2) is 23.0 Å². The zero-order valence-corrected chi connectivity index (χ0v) is 21.5. The molecule has 196 valence electrons. The minimum atomic E-state index is -3.44. The van der Waals surface area contributed by atoms with Crippen LogP contribution in [0.25, 0.3) is 0 Å². The van der Waals surface area contributed by atoms with Gasteiger partial charge in [0.15, 0.2) is 9.84 Å². The number of nitrogen functional groups attached to an aromatic ring is 1. The van der Waals surface area contributed by atoms with Gasteiger partial charge in [0.1, 0.15) is 17.2 Å². The maximum absolute atomic E-state index is 12.4. The summed E-state index contributed by atoms with van der Waals surface area (Å²) in [6.45, 7) is 2.39. The highest BCUT2D eigenvalue weighted by Gasteiger charge is 2.30. The summed E-state index contributed by atoms with van der Waals surface area (Å²) in [5.41, 5.74) is 6.76. The maximum atomic E-state index is 12.4. The second-order valence-electron chi connectivity index (χ2n) is 8.66. The van der Waals surface area contributed by atoms with Crippen molar-refractivity contribution in [1.82, 2.24) is 10.3 Å². The van der Waals surface area contributed by atoms with Crippen molar-refractivity contribution in [3.05, 3.63) is 35.9 Å². The van der Waals surface area contributed by atoms with E-state index in [1.165, 1.54) is 25.3 Å². The van der Waals surface area contributed by atoms with Gasteiger partial charge in [-0.3, -0.25) is 0 Å². The second kappa shape index (κ2) is 11.9. The molecule has 1 fully saturated rings. The van der Waals surface area contributed by atoms with E-state index in [1.54, 1.807) is 12.1 Å². The summed E-state index contributed by atoms with van der Waals surface area (Å²) in [6, 6.07) is 7.38. The van der Waals surface area contributed by atoms with Crippen LogP contribution in [0.1, 0.15) is 49.4 Å². The molecule has 0 saturated heterocycles. The molecule has 1 heterocycles. The van der Waals surface area contributed by atoms with Gasteiger partial charge in [-0.1, -0.05) is 19.4 Å². The molecule has 1 saturated carbocycles. The third-order valence-electron chi connectivity index (χ3n) is 5.85. The number of hydrogen-bond acceptors (Lipinski definition) is 10. The van der Waals surface area contributed by atoms with E-state index in [0.717, 1.165) is 38.4 Å². The molecule has 0 radical (unpaired) electrons. The van der Waals surface area contributed by atoms with Crippen LogP contribution in [0.15, 0.2) is 35.2 Å². The summed E-state index contributed by atoms with van der Waals surface area (Å²) >= 11 is 0. The molecular formula is C24H33N5O6S. The van der Waals surface area contributed by atoms with Crippen molar-refractivity contribution < 1.29 is 27.5 Å². The summed E-state index contributed by atoms with van der Waals surface area (Å²) in [7, 11) is -2.21. The van der Waals surface area contributed by atoms with Crippen LogP contribution >= 0.6 is 0 Å². The van der Waals surface area contributed by atoms with Gasteiger partial charge >= 0.3 is 12.1 Å². The molecule has 0 bridgehead atoms. The molecular weight excluding hydrogens is 486 g/mol. The van der Waals surface area contributed by atoms with Gasteiger partial charge < -0.3 is 31.2 Å². The zero-order valence-electron chi connectivity index (χ0n) is 20.7. The van der Waals surface area contributed by atoms with Gasteiger partial charge in [0.05, 0.1) is 30.3 Å². The van der Waals surface area contributed by atoms with Crippen LogP contribution in [-0.4, -0.2) is 57.5 Å². The first-order valence-corrected chi connectivity index (χ1v) is 13.7. The minimum absolute atomic E-state index is 0.0217. The third kappa shape index (κ3) is 7.00. The van der Waals surface area contributed by atoms with E-state index in [0.29, 0.717) is 18.1 Å². The Bertz CT molecular complexity index is 1200. The lowest BCUT2D eigenvalue weighted by Crippen LogP contribution is -2.43. The number of nitrogens with one attached hydrogen (secondary N) is 3. The van der Waals surface area contributed by atoms with Crippen LogP contribution < -0.4 is 21.7 Å². The minimum Gasteiger partial charge on any atom is -0.465 e. The number of alkyl carbamates (subject to hydrolysis) is 1. The Hall–Kier alpha value is -3.54. The molecule has 11 nitrogen and oxygen atoms in total. The number of carbonyl (C=O) groups excluding carboxylic acids is 2. The molecule has 2 atom stereocenters. The predicted octanol–water partition coefficient (Wildman–Crippen LogP) is 3.46. The standard InChI is InChI=1S/C24H33N5O6S/c1-4-5-12-35-24(31)28-19-11-7-10-18(19)27-20-14-17(25)21(23(30)34-2)22(29-20)26-15-8-6-9-16(13-15)36(3,32)33/h6,8-9,13-14,18-19H,4-5,7,10-12H2,1-3H3,(H,28,31)(H4,25,26,27,29)/t18-,19+/m1/s1. The lowest BCUT2D eigenvalue weighted by Gasteiger charge is -2.23. The summed E-state index contributed by atoms with van der Waals surface area (Å²) < 4.78 is 34.0. The number of pyridine rings is 1. The van der Waals surface area contributed by atoms with Crippen molar-refractivity contribution in [3.8, 4) is 0 Å². The van der Waals surface area contributed by atoms with Gasteiger partial charge in [0.2, 0.25) is 0 Å². The van der Waals surface area contributed by atoms with Crippen molar-refractivity contribution in [1.29, 1.82) is 0 Å². The van der Waals surface area contributed by atoms with Crippen LogP contribution in [0.3, 0.4) is 0 Å². The molecule has 36 heavy (non-hydrogen) atoms. The van der Waals surface area contributed by atoms with Crippen LogP contribution in [0.2, 0.25) is 0 Å². The topological polar surface area (TPSA) is 162 Å². The third-order valence-corrected chi connectivity index (χ3v) is 6.96. The van der Waals surface area contributed by atoms with Crippen LogP contribution in [0.4, 0.5) is 27.8 Å².